The molecule has 0 saturated carbocycles. The first kappa shape index (κ1) is 15.2. The predicted octanol–water partition coefficient (Wildman–Crippen LogP) is 2.52. The summed E-state index contributed by atoms with van der Waals surface area (Å²) in [7, 11) is -3.46. The van der Waals surface area contributed by atoms with Gasteiger partial charge in [0.05, 0.1) is 11.8 Å². The van der Waals surface area contributed by atoms with Crippen molar-refractivity contribution < 1.29 is 17.2 Å². The number of sulfonamides is 1. The zero-order chi connectivity index (χ0) is 15.9. The van der Waals surface area contributed by atoms with Crippen molar-refractivity contribution >= 4 is 10.0 Å². The quantitative estimate of drug-likeness (QED) is 0.870. The van der Waals surface area contributed by atoms with Crippen LogP contribution in [0.5, 0.6) is 0 Å². The molecule has 0 fully saturated rings. The number of hydrogen-bond acceptors (Lipinski definition) is 2. The van der Waals surface area contributed by atoms with Crippen LogP contribution in [-0.2, 0) is 16.6 Å². The Balaban J connectivity index is 2.16. The van der Waals surface area contributed by atoms with Crippen LogP contribution in [0.4, 0.5) is 8.78 Å². The maximum atomic E-state index is 13.6. The van der Waals surface area contributed by atoms with Gasteiger partial charge in [-0.2, -0.15) is 4.31 Å². The van der Waals surface area contributed by atoms with Crippen LogP contribution in [0.15, 0.2) is 36.5 Å². The van der Waals surface area contributed by atoms with E-state index >= 15 is 0 Å². The molecule has 0 spiro atoms. The van der Waals surface area contributed by atoms with Crippen molar-refractivity contribution in [3.63, 3.8) is 0 Å². The van der Waals surface area contributed by atoms with E-state index in [1.54, 1.807) is 6.92 Å². The molecule has 0 radical (unpaired) electrons. The molecule has 2 heterocycles. The molecule has 118 valence electrons. The van der Waals surface area contributed by atoms with Crippen molar-refractivity contribution in [2.45, 2.75) is 19.5 Å². The summed E-state index contributed by atoms with van der Waals surface area (Å²) in [6, 6.07) is 6.53. The van der Waals surface area contributed by atoms with Gasteiger partial charge in [0, 0.05) is 25.0 Å². The zero-order valence-corrected chi connectivity index (χ0v) is 12.9. The van der Waals surface area contributed by atoms with Gasteiger partial charge in [0.25, 0.3) is 0 Å². The number of halogens is 2. The normalized spacial score (nSPS) is 19.1. The van der Waals surface area contributed by atoms with E-state index in [-0.39, 0.29) is 5.75 Å². The van der Waals surface area contributed by atoms with E-state index in [0.717, 1.165) is 17.8 Å². The van der Waals surface area contributed by atoms with E-state index in [1.807, 2.05) is 22.9 Å². The average Bonchev–Trinajstić information content (AvgIpc) is 2.97. The number of benzene rings is 1. The highest BCUT2D eigenvalue weighted by molar-refractivity contribution is 7.89. The van der Waals surface area contributed by atoms with E-state index in [9.17, 15) is 17.2 Å². The third-order valence-corrected chi connectivity index (χ3v) is 5.81. The van der Waals surface area contributed by atoms with Gasteiger partial charge in [-0.1, -0.05) is 6.07 Å². The molecule has 0 N–H and O–H groups in total. The second-order valence-corrected chi connectivity index (χ2v) is 7.42. The van der Waals surface area contributed by atoms with E-state index in [2.05, 4.69) is 0 Å². The second kappa shape index (κ2) is 5.48. The molecule has 7 heteroatoms. The van der Waals surface area contributed by atoms with E-state index in [0.29, 0.717) is 18.7 Å². The lowest BCUT2D eigenvalue weighted by atomic mass is 10.0. The highest BCUT2D eigenvalue weighted by Gasteiger charge is 2.35. The Morgan fingerprint density at radius 2 is 1.95 bits per heavy atom. The summed E-state index contributed by atoms with van der Waals surface area (Å²) in [5.74, 6) is -1.96. The Bertz CT molecular complexity index is 802. The van der Waals surface area contributed by atoms with Crippen LogP contribution in [0.2, 0.25) is 0 Å². The molecule has 1 aliphatic rings. The van der Waals surface area contributed by atoms with Crippen molar-refractivity contribution in [3.05, 3.63) is 59.4 Å². The Hall–Kier alpha value is -1.73. The van der Waals surface area contributed by atoms with Gasteiger partial charge < -0.3 is 4.57 Å². The molecular formula is C15H16F2N2O2S. The van der Waals surface area contributed by atoms with E-state index < -0.39 is 27.7 Å². The molecule has 4 nitrogen and oxygen atoms in total. The third-order valence-electron chi connectivity index (χ3n) is 3.98. The molecule has 3 rings (SSSR count). The van der Waals surface area contributed by atoms with Crippen LogP contribution in [0, 0.1) is 11.6 Å². The molecule has 0 amide bonds. The largest absolute Gasteiger partial charge is 0.348 e. The lowest BCUT2D eigenvalue weighted by Crippen LogP contribution is -2.43. The Morgan fingerprint density at radius 1 is 1.18 bits per heavy atom. The van der Waals surface area contributed by atoms with Gasteiger partial charge in [0.2, 0.25) is 10.0 Å². The summed E-state index contributed by atoms with van der Waals surface area (Å²) in [6.45, 7) is 2.43. The van der Waals surface area contributed by atoms with Gasteiger partial charge in [-0.15, -0.1) is 0 Å². The van der Waals surface area contributed by atoms with E-state index in [4.69, 9.17) is 0 Å². The van der Waals surface area contributed by atoms with Crippen molar-refractivity contribution in [3.8, 4) is 0 Å². The molecule has 0 aliphatic carbocycles. The first-order valence-corrected chi connectivity index (χ1v) is 8.64. The molecule has 1 aromatic heterocycles. The van der Waals surface area contributed by atoms with Crippen molar-refractivity contribution in [1.82, 2.24) is 8.87 Å². The van der Waals surface area contributed by atoms with Crippen LogP contribution >= 0.6 is 0 Å². The molecule has 2 aromatic rings. The Morgan fingerprint density at radius 3 is 2.64 bits per heavy atom. The maximum absolute atomic E-state index is 13.6. The first-order valence-electron chi connectivity index (χ1n) is 7.03. The smallest absolute Gasteiger partial charge is 0.214 e. The lowest BCUT2D eigenvalue weighted by Gasteiger charge is -2.36. The summed E-state index contributed by atoms with van der Waals surface area (Å²) in [5.41, 5.74) is 1.19. The van der Waals surface area contributed by atoms with Gasteiger partial charge in [-0.25, -0.2) is 17.2 Å². The summed E-state index contributed by atoms with van der Waals surface area (Å²) in [6.07, 6.45) is 1.86. The average molecular weight is 326 g/mol. The minimum atomic E-state index is -3.46. The number of aromatic nitrogens is 1. The van der Waals surface area contributed by atoms with Crippen LogP contribution in [0.25, 0.3) is 0 Å². The molecular weight excluding hydrogens is 310 g/mol. The number of rotatable bonds is 3. The van der Waals surface area contributed by atoms with Gasteiger partial charge in [0.1, 0.15) is 0 Å². The molecule has 22 heavy (non-hydrogen) atoms. The molecule has 1 atom stereocenters. The van der Waals surface area contributed by atoms with Crippen LogP contribution < -0.4 is 0 Å². The van der Waals surface area contributed by atoms with Crippen LogP contribution in [0.3, 0.4) is 0 Å². The summed E-state index contributed by atoms with van der Waals surface area (Å²) in [5, 5.41) is 0. The highest BCUT2D eigenvalue weighted by atomic mass is 32.2. The molecule has 1 aliphatic heterocycles. The number of nitrogens with zero attached hydrogens (tertiary/aromatic N) is 2. The Labute approximate surface area is 128 Å². The van der Waals surface area contributed by atoms with Crippen molar-refractivity contribution in [1.29, 1.82) is 0 Å². The molecule has 1 unspecified atom stereocenters. The topological polar surface area (TPSA) is 42.3 Å². The molecule has 0 bridgehead atoms. The monoisotopic (exact) mass is 326 g/mol. The fourth-order valence-corrected chi connectivity index (χ4v) is 4.09. The SMILES string of the molecule is CCS(=O)(=O)N1CCn2cccc2C1c1ccc(F)c(F)c1. The summed E-state index contributed by atoms with van der Waals surface area (Å²) in [4.78, 5) is 0. The minimum Gasteiger partial charge on any atom is -0.348 e. The standard InChI is InChI=1S/C15H16F2N2O2S/c1-2-22(20,21)19-9-8-18-7-3-4-14(18)15(19)11-5-6-12(16)13(17)10-11/h3-7,10,15H,2,8-9H2,1H3. The zero-order valence-electron chi connectivity index (χ0n) is 12.0. The minimum absolute atomic E-state index is 0.0338. The summed E-state index contributed by atoms with van der Waals surface area (Å²) >= 11 is 0. The highest BCUT2D eigenvalue weighted by Crippen LogP contribution is 2.35. The maximum Gasteiger partial charge on any atom is 0.214 e. The van der Waals surface area contributed by atoms with Gasteiger partial charge in [0.15, 0.2) is 11.6 Å². The fraction of sp³-hybridized carbons (Fsp3) is 0.333. The van der Waals surface area contributed by atoms with Gasteiger partial charge in [-0.3, -0.25) is 0 Å². The second-order valence-electron chi connectivity index (χ2n) is 5.21. The Kier molecular flexibility index (Phi) is 3.78. The number of fused-ring (bicyclic) bond motifs is 1. The lowest BCUT2D eigenvalue weighted by molar-refractivity contribution is 0.298. The van der Waals surface area contributed by atoms with Gasteiger partial charge in [-0.05, 0) is 36.8 Å². The van der Waals surface area contributed by atoms with Crippen molar-refractivity contribution in [2.75, 3.05) is 12.3 Å². The van der Waals surface area contributed by atoms with Crippen LogP contribution in [-0.4, -0.2) is 29.6 Å². The fourth-order valence-electron chi connectivity index (χ4n) is 2.85. The first-order chi connectivity index (χ1) is 10.4. The van der Waals surface area contributed by atoms with E-state index in [1.165, 1.54) is 10.4 Å². The summed E-state index contributed by atoms with van der Waals surface area (Å²) < 4.78 is 54.8. The molecule has 1 aromatic carbocycles. The number of hydrogen-bond donors (Lipinski definition) is 0. The van der Waals surface area contributed by atoms with Crippen LogP contribution in [0.1, 0.15) is 24.2 Å². The third kappa shape index (κ3) is 2.44. The molecule has 0 saturated heterocycles. The predicted molar refractivity (Wildman–Crippen MR) is 78.8 cm³/mol. The van der Waals surface area contributed by atoms with Crippen molar-refractivity contribution in [2.24, 2.45) is 0 Å². The van der Waals surface area contributed by atoms with Gasteiger partial charge >= 0.3 is 0 Å².